The van der Waals surface area contributed by atoms with Gasteiger partial charge in [0.25, 0.3) is 6.71 Å². The smallest absolute Gasteiger partial charge is 0.252 e. The summed E-state index contributed by atoms with van der Waals surface area (Å²) in [6.45, 7) is -0.252. The molecular weight excluding hydrogens is 1260 g/mol. The van der Waals surface area contributed by atoms with Crippen molar-refractivity contribution >= 4 is 166 Å². The number of rotatable bonds is 8. The summed E-state index contributed by atoms with van der Waals surface area (Å²) in [4.78, 5) is 5.30. The van der Waals surface area contributed by atoms with Gasteiger partial charge in [-0.3, -0.25) is 0 Å². The van der Waals surface area contributed by atoms with E-state index in [-0.39, 0.29) is 6.71 Å². The van der Waals surface area contributed by atoms with Crippen LogP contribution in [0.15, 0.2) is 364 Å². The summed E-state index contributed by atoms with van der Waals surface area (Å²) in [5.74, 6) is 0. The Balaban J connectivity index is 0.879. The Hall–Kier alpha value is -13.8. The van der Waals surface area contributed by atoms with Gasteiger partial charge in [0.2, 0.25) is 0 Å². The van der Waals surface area contributed by atoms with Crippen molar-refractivity contribution in [2.75, 3.05) is 9.80 Å². The normalized spacial score (nSPS) is 12.8. The molecule has 5 aromatic heterocycles. The van der Waals surface area contributed by atoms with E-state index in [0.29, 0.717) is 0 Å². The van der Waals surface area contributed by atoms with Crippen LogP contribution in [-0.2, 0) is 0 Å². The third kappa shape index (κ3) is 7.96. The summed E-state index contributed by atoms with van der Waals surface area (Å²) < 4.78 is 12.4. The van der Waals surface area contributed by atoms with Crippen molar-refractivity contribution in [2.45, 2.75) is 0 Å². The first-order valence-electron chi connectivity index (χ1n) is 35.9. The molecule has 104 heavy (non-hydrogen) atoms. The number of hydrogen-bond donors (Lipinski definition) is 0. The maximum atomic E-state index is 2.65. The SMILES string of the molecule is c1ccc(-n2c3ccccc3c3cc(-c4cc5c6c(c4)N(c4ccccc4-n4c7ccccc7c7ccccc74)c4cc(-n7c8ccccc8c8ccccc87)ccc4B6c4ccc(-n6c7ccccc7c7ccccc76)cc4N5c4ccccc4-n4c5ccccc5c5ccccc54)ccc32)cc1. The van der Waals surface area contributed by atoms with E-state index in [1.54, 1.807) is 0 Å². The summed E-state index contributed by atoms with van der Waals surface area (Å²) >= 11 is 0. The summed E-state index contributed by atoms with van der Waals surface area (Å²) in [7, 11) is 0. The zero-order valence-corrected chi connectivity index (χ0v) is 56.3. The fraction of sp³-hybridized carbons (Fsp3) is 0. The van der Waals surface area contributed by atoms with E-state index in [2.05, 4.69) is 397 Å². The fourth-order valence-corrected chi connectivity index (χ4v) is 18.4. The Morgan fingerprint density at radius 1 is 0.163 bits per heavy atom. The van der Waals surface area contributed by atoms with E-state index in [9.17, 15) is 0 Å². The molecule has 7 nitrogen and oxygen atoms in total. The Labute approximate surface area is 598 Å². The van der Waals surface area contributed by atoms with Gasteiger partial charge in [0, 0.05) is 93.7 Å². The van der Waals surface area contributed by atoms with Crippen LogP contribution in [0.4, 0.5) is 34.1 Å². The number of fused-ring (bicyclic) bond motifs is 19. The van der Waals surface area contributed by atoms with Gasteiger partial charge in [0.1, 0.15) is 0 Å². The highest BCUT2D eigenvalue weighted by Crippen LogP contribution is 2.52. The number of benzene rings is 16. The molecule has 0 radical (unpaired) electrons. The molecule has 2 aliphatic rings. The summed E-state index contributed by atoms with van der Waals surface area (Å²) in [6.07, 6.45) is 0. The van der Waals surface area contributed by atoms with Crippen molar-refractivity contribution < 1.29 is 0 Å². The number of aromatic nitrogens is 5. The van der Waals surface area contributed by atoms with Crippen molar-refractivity contribution in [2.24, 2.45) is 0 Å². The fourth-order valence-electron chi connectivity index (χ4n) is 18.4. The van der Waals surface area contributed by atoms with Crippen LogP contribution < -0.4 is 26.2 Å². The van der Waals surface area contributed by atoms with Gasteiger partial charge in [-0.1, -0.05) is 224 Å². The Morgan fingerprint density at radius 2 is 0.452 bits per heavy atom. The standard InChI is InChI=1S/C96H60BN7/c1-2-26-63(27-3-1)98-82-41-17-12-36-74(82)75-56-61(50-55-87(75)98)62-57-94-96-95(58-62)104(91-49-25-23-47-89(91)102-85-44-20-10-34-72(85)73-35-11-21-45-86(73)102)93-60-65(100-80-39-15-6-30-68(80)69-31-7-16-40-81(69)100)52-54-77(93)97(96)76-53-51-64(99-78-37-13-4-28-66(78)67-29-5-14-38-79(67)99)59-92(76)103(94)90-48-24-22-46-88(90)101-83-42-18-8-32-70(83)71-33-9-19-43-84(71)101/h1-60H. The number of hydrogen-bond acceptors (Lipinski definition) is 2. The van der Waals surface area contributed by atoms with Crippen LogP contribution in [0.25, 0.3) is 149 Å². The van der Waals surface area contributed by atoms with Crippen molar-refractivity contribution in [1.82, 2.24) is 22.8 Å². The molecule has 0 saturated heterocycles. The van der Waals surface area contributed by atoms with Crippen molar-refractivity contribution in [1.29, 1.82) is 0 Å². The third-order valence-electron chi connectivity index (χ3n) is 22.6. The van der Waals surface area contributed by atoms with Crippen LogP contribution in [0.2, 0.25) is 0 Å². The van der Waals surface area contributed by atoms with Gasteiger partial charge in [-0.25, -0.2) is 0 Å². The highest BCUT2D eigenvalue weighted by molar-refractivity contribution is 7.00. The minimum absolute atomic E-state index is 0.252. The van der Waals surface area contributed by atoms with Gasteiger partial charge < -0.3 is 32.6 Å². The largest absolute Gasteiger partial charge is 0.309 e. The van der Waals surface area contributed by atoms with Gasteiger partial charge in [0.05, 0.1) is 77.9 Å². The molecule has 23 rings (SSSR count). The molecule has 0 atom stereocenters. The monoisotopic (exact) mass is 1320 g/mol. The lowest BCUT2D eigenvalue weighted by Crippen LogP contribution is -2.61. The molecule has 0 saturated carbocycles. The minimum Gasteiger partial charge on any atom is -0.309 e. The zero-order chi connectivity index (χ0) is 67.8. The summed E-state index contributed by atoms with van der Waals surface area (Å²) in [5.41, 5.74) is 29.4. The summed E-state index contributed by atoms with van der Waals surface area (Å²) in [6, 6.07) is 136. The number of para-hydroxylation sites is 14. The van der Waals surface area contributed by atoms with Crippen LogP contribution in [0, 0.1) is 0 Å². The van der Waals surface area contributed by atoms with Crippen LogP contribution in [0.1, 0.15) is 0 Å². The average molecular weight is 1320 g/mol. The van der Waals surface area contributed by atoms with E-state index < -0.39 is 0 Å². The molecular formula is C96H60BN7. The lowest BCUT2D eigenvalue weighted by molar-refractivity contribution is 1.13. The molecule has 0 fully saturated rings. The third-order valence-corrected chi connectivity index (χ3v) is 22.6. The maximum absolute atomic E-state index is 2.65. The number of anilines is 6. The average Bonchev–Trinajstić information content (AvgIpc) is 0.871. The van der Waals surface area contributed by atoms with Crippen molar-refractivity contribution in [3.63, 3.8) is 0 Å². The minimum atomic E-state index is -0.252. The second-order valence-corrected chi connectivity index (χ2v) is 27.9. The molecule has 0 aliphatic carbocycles. The van der Waals surface area contributed by atoms with Crippen LogP contribution in [-0.4, -0.2) is 29.5 Å². The van der Waals surface area contributed by atoms with Crippen LogP contribution in [0.3, 0.4) is 0 Å². The maximum Gasteiger partial charge on any atom is 0.252 e. The van der Waals surface area contributed by atoms with Crippen LogP contribution >= 0.6 is 0 Å². The second kappa shape index (κ2) is 21.8. The second-order valence-electron chi connectivity index (χ2n) is 27.9. The van der Waals surface area contributed by atoms with Gasteiger partial charge in [0.15, 0.2) is 0 Å². The van der Waals surface area contributed by atoms with Gasteiger partial charge in [-0.2, -0.15) is 0 Å². The van der Waals surface area contributed by atoms with E-state index in [0.717, 1.165) is 123 Å². The molecule has 8 heteroatoms. The molecule has 16 aromatic carbocycles. The van der Waals surface area contributed by atoms with Crippen LogP contribution in [0.5, 0.6) is 0 Å². The first-order valence-corrected chi connectivity index (χ1v) is 35.9. The molecule has 0 N–H and O–H groups in total. The molecule has 2 aliphatic heterocycles. The Kier molecular flexibility index (Phi) is 12.0. The van der Waals surface area contributed by atoms with Gasteiger partial charge in [-0.05, 0) is 167 Å². The number of nitrogens with zero attached hydrogens (tertiary/aromatic N) is 7. The van der Waals surface area contributed by atoms with Gasteiger partial charge >= 0.3 is 0 Å². The predicted octanol–water partition coefficient (Wildman–Crippen LogP) is 22.9. The Bertz CT molecular complexity index is 6660. The highest BCUT2D eigenvalue weighted by atomic mass is 15.2. The molecule has 0 spiro atoms. The van der Waals surface area contributed by atoms with Gasteiger partial charge in [-0.15, -0.1) is 0 Å². The molecule has 21 aromatic rings. The lowest BCUT2D eigenvalue weighted by Gasteiger charge is -2.45. The first-order chi connectivity index (χ1) is 51.7. The van der Waals surface area contributed by atoms with E-state index in [1.807, 2.05) is 0 Å². The molecule has 0 bridgehead atoms. The zero-order valence-electron chi connectivity index (χ0n) is 56.3. The molecule has 0 unspecified atom stereocenters. The van der Waals surface area contributed by atoms with E-state index in [4.69, 9.17) is 0 Å². The Morgan fingerprint density at radius 3 is 0.817 bits per heavy atom. The van der Waals surface area contributed by atoms with E-state index >= 15 is 0 Å². The molecule has 7 heterocycles. The molecule has 0 amide bonds. The predicted molar refractivity (Wildman–Crippen MR) is 438 cm³/mol. The van der Waals surface area contributed by atoms with Crippen molar-refractivity contribution in [3.8, 4) is 39.6 Å². The lowest BCUT2D eigenvalue weighted by atomic mass is 9.33. The van der Waals surface area contributed by atoms with E-state index in [1.165, 1.54) is 75.8 Å². The highest BCUT2D eigenvalue weighted by Gasteiger charge is 2.45. The summed E-state index contributed by atoms with van der Waals surface area (Å²) in [5, 5.41) is 12.1. The molecule has 482 valence electrons. The quantitative estimate of drug-likeness (QED) is 0.142. The van der Waals surface area contributed by atoms with Crippen molar-refractivity contribution in [3.05, 3.63) is 364 Å². The first kappa shape index (κ1) is 57.0. The topological polar surface area (TPSA) is 31.1 Å².